The maximum atomic E-state index is 10.9. The first-order chi connectivity index (χ1) is 22.6. The number of unbranched alkanes of at least 4 members (excludes halogenated alkanes) is 6. The van der Waals surface area contributed by atoms with Gasteiger partial charge < -0.3 is 39.6 Å². The van der Waals surface area contributed by atoms with E-state index in [4.69, 9.17) is 0 Å². The molecule has 9 heteroatoms. The van der Waals surface area contributed by atoms with Crippen LogP contribution in [0.2, 0.25) is 8.87 Å². The number of rotatable bonds is 24. The molecule has 0 aliphatic carbocycles. The van der Waals surface area contributed by atoms with Crippen LogP contribution in [0, 0.1) is 11.8 Å². The monoisotopic (exact) mass is 760 g/mol. The van der Waals surface area contributed by atoms with Gasteiger partial charge in [-0.2, -0.15) is 0 Å². The summed E-state index contributed by atoms with van der Waals surface area (Å²) in [7, 11) is 0. The Morgan fingerprint density at radius 3 is 1.19 bits per heavy atom. The summed E-state index contributed by atoms with van der Waals surface area (Å²) in [6.45, 7) is 4.60. The van der Waals surface area contributed by atoms with Gasteiger partial charge in [-0.05, 0) is 62.5 Å². The molecule has 0 spiro atoms. The van der Waals surface area contributed by atoms with E-state index in [9.17, 15) is 39.6 Å². The van der Waals surface area contributed by atoms with Gasteiger partial charge in [0.15, 0.2) is 0 Å². The SMILES string of the molecule is CCCCC[CH2][SnH2+4][CH2]CCCCC.O=C([O-])CCCC(Cc1ccccc1)C(=O)[O-].O=C([O-])CCCC(Cc1ccccc1)C(=O)[O-]. The Balaban J connectivity index is 0.000000684. The maximum Gasteiger partial charge on any atom is 0.0448 e. The van der Waals surface area contributed by atoms with Crippen LogP contribution in [0.3, 0.4) is 0 Å². The fourth-order valence-electron chi connectivity index (χ4n) is 5.13. The first-order valence-electron chi connectivity index (χ1n) is 17.5. The number of benzene rings is 2. The number of carbonyl (C=O) groups excluding carboxylic acids is 4. The molecule has 0 N–H and O–H groups in total. The second-order valence-electron chi connectivity index (χ2n) is 12.1. The predicted octanol–water partition coefficient (Wildman–Crippen LogP) is 3.18. The summed E-state index contributed by atoms with van der Waals surface area (Å²) in [4.78, 5) is 42.3. The fourth-order valence-corrected chi connectivity index (χ4v) is 10.2. The Labute approximate surface area is 292 Å². The van der Waals surface area contributed by atoms with Gasteiger partial charge in [-0.15, -0.1) is 0 Å². The second-order valence-corrected chi connectivity index (χ2v) is 18.2. The molecule has 0 saturated heterocycles. The fraction of sp³-hybridized carbons (Fsp3) is 0.579. The standard InChI is InChI=1S/2C13H16O4.2C6H13.Sn.2H/c2*14-12(15)8-4-7-11(13(16)17)9-10-5-2-1-3-6-10;2*1-3-5-6-4-2;;;/h2*1-3,5-6,11H,4,7-9H2,(H,14,15)(H,16,17);2*1,3-6H2,2H3;;;/q;;;;+4;;/p-4. The van der Waals surface area contributed by atoms with E-state index in [-0.39, 0.29) is 34.0 Å². The van der Waals surface area contributed by atoms with Crippen LogP contribution < -0.4 is 20.4 Å². The molecular formula is C38H56O8Sn. The van der Waals surface area contributed by atoms with Gasteiger partial charge >= 0.3 is 95.2 Å². The molecule has 2 unspecified atom stereocenters. The summed E-state index contributed by atoms with van der Waals surface area (Å²) in [5.41, 5.74) is 1.82. The van der Waals surface area contributed by atoms with E-state index >= 15 is 0 Å². The first kappa shape index (κ1) is 44.1. The van der Waals surface area contributed by atoms with E-state index in [0.29, 0.717) is 38.5 Å². The normalized spacial score (nSPS) is 11.6. The van der Waals surface area contributed by atoms with Crippen molar-refractivity contribution in [3.63, 3.8) is 0 Å². The van der Waals surface area contributed by atoms with Crippen molar-refractivity contribution in [2.45, 2.75) is 125 Å². The minimum absolute atomic E-state index is 0.113. The molecular weight excluding hydrogens is 703 g/mol. The number of carbonyl (C=O) groups is 4. The second kappa shape index (κ2) is 30.5. The molecule has 2 aromatic carbocycles. The number of hydrogen-bond acceptors (Lipinski definition) is 8. The Morgan fingerprint density at radius 2 is 0.894 bits per heavy atom. The molecule has 0 saturated carbocycles. The Kier molecular flexibility index (Phi) is 28.6. The quantitative estimate of drug-likeness (QED) is 0.117. The molecule has 0 aliphatic rings. The number of carboxylic acids is 4. The molecule has 0 aromatic heterocycles. The van der Waals surface area contributed by atoms with E-state index in [1.807, 2.05) is 60.7 Å². The third-order valence-corrected chi connectivity index (χ3v) is 13.6. The maximum absolute atomic E-state index is 10.9. The molecule has 0 bridgehead atoms. The van der Waals surface area contributed by atoms with Crippen LogP contribution in [-0.4, -0.2) is 45.0 Å². The van der Waals surface area contributed by atoms with E-state index in [1.165, 1.54) is 38.5 Å². The predicted molar refractivity (Wildman–Crippen MR) is 181 cm³/mol. The van der Waals surface area contributed by atoms with Crippen molar-refractivity contribution in [1.29, 1.82) is 0 Å². The third kappa shape index (κ3) is 27.9. The summed E-state index contributed by atoms with van der Waals surface area (Å²) in [5, 5.41) is 42.3. The molecule has 2 atom stereocenters. The summed E-state index contributed by atoms with van der Waals surface area (Å²) >= 11 is -0.220. The van der Waals surface area contributed by atoms with Crippen molar-refractivity contribution in [2.75, 3.05) is 0 Å². The van der Waals surface area contributed by atoms with Crippen LogP contribution >= 0.6 is 0 Å². The van der Waals surface area contributed by atoms with E-state index < -0.39 is 35.7 Å². The summed E-state index contributed by atoms with van der Waals surface area (Å²) in [6, 6.07) is 18.4. The molecule has 0 fully saturated rings. The number of aliphatic carboxylic acids is 4. The summed E-state index contributed by atoms with van der Waals surface area (Å²) < 4.78 is 3.38. The summed E-state index contributed by atoms with van der Waals surface area (Å²) in [5.74, 6) is -5.85. The van der Waals surface area contributed by atoms with Crippen molar-refractivity contribution in [3.8, 4) is 0 Å². The zero-order valence-corrected chi connectivity index (χ0v) is 32.7. The zero-order chi connectivity index (χ0) is 35.1. The third-order valence-electron chi connectivity index (χ3n) is 7.89. The molecule has 4 radical (unpaired) electrons. The van der Waals surface area contributed by atoms with Crippen molar-refractivity contribution < 1.29 is 39.6 Å². The van der Waals surface area contributed by atoms with Crippen molar-refractivity contribution in [2.24, 2.45) is 11.8 Å². The van der Waals surface area contributed by atoms with Crippen LogP contribution in [0.15, 0.2) is 60.7 Å². The Morgan fingerprint density at radius 1 is 0.532 bits per heavy atom. The van der Waals surface area contributed by atoms with Gasteiger partial charge in [0.25, 0.3) is 0 Å². The number of carboxylic acid groups (broad SMARTS) is 4. The van der Waals surface area contributed by atoms with Crippen molar-refractivity contribution in [1.82, 2.24) is 0 Å². The molecule has 2 aromatic rings. The average molecular weight is 760 g/mol. The van der Waals surface area contributed by atoms with Gasteiger partial charge in [0, 0.05) is 35.7 Å². The molecule has 0 heterocycles. The van der Waals surface area contributed by atoms with Gasteiger partial charge in [-0.25, -0.2) is 0 Å². The van der Waals surface area contributed by atoms with Crippen LogP contribution in [0.4, 0.5) is 0 Å². The molecule has 0 aliphatic heterocycles. The first-order valence-corrected chi connectivity index (χ1v) is 23.2. The van der Waals surface area contributed by atoms with Crippen LogP contribution in [0.25, 0.3) is 0 Å². The summed E-state index contributed by atoms with van der Waals surface area (Å²) in [6.07, 6.45) is 13.6. The Hall–Kier alpha value is -2.88. The average Bonchev–Trinajstić information content (AvgIpc) is 3.04. The molecule has 260 valence electrons. The van der Waals surface area contributed by atoms with Gasteiger partial charge in [0.1, 0.15) is 0 Å². The Bertz CT molecular complexity index is 992. The molecule has 0 amide bonds. The zero-order valence-electron chi connectivity index (χ0n) is 28.6. The minimum atomic E-state index is -1.15. The minimum Gasteiger partial charge on any atom is -0.550 e. The van der Waals surface area contributed by atoms with Gasteiger partial charge in [-0.1, -0.05) is 60.7 Å². The van der Waals surface area contributed by atoms with Crippen molar-refractivity contribution >= 4 is 45.0 Å². The molecule has 2 rings (SSSR count). The van der Waals surface area contributed by atoms with E-state index in [0.717, 1.165) is 11.1 Å². The van der Waals surface area contributed by atoms with Gasteiger partial charge in [0.2, 0.25) is 0 Å². The topological polar surface area (TPSA) is 161 Å². The van der Waals surface area contributed by atoms with E-state index in [1.54, 1.807) is 21.7 Å². The van der Waals surface area contributed by atoms with E-state index in [2.05, 4.69) is 13.8 Å². The van der Waals surface area contributed by atoms with Gasteiger partial charge in [0.05, 0.1) is 0 Å². The van der Waals surface area contributed by atoms with Crippen LogP contribution in [0.5, 0.6) is 0 Å². The largest absolute Gasteiger partial charge is 0.550 e. The smallest absolute Gasteiger partial charge is 0.0448 e. The van der Waals surface area contributed by atoms with Crippen LogP contribution in [-0.2, 0) is 32.0 Å². The molecule has 47 heavy (non-hydrogen) atoms. The van der Waals surface area contributed by atoms with Gasteiger partial charge in [-0.3, -0.25) is 0 Å². The molecule has 8 nitrogen and oxygen atoms in total. The number of hydrogen-bond donors (Lipinski definition) is 0. The van der Waals surface area contributed by atoms with Crippen LogP contribution in [0.1, 0.15) is 115 Å². The van der Waals surface area contributed by atoms with Crippen molar-refractivity contribution in [3.05, 3.63) is 71.8 Å².